The van der Waals surface area contributed by atoms with Crippen LogP contribution in [-0.2, 0) is 18.3 Å². The zero-order valence-corrected chi connectivity index (χ0v) is 15.9. The molecule has 2 heterocycles. The Morgan fingerprint density at radius 2 is 1.87 bits per heavy atom. The first-order valence-corrected chi connectivity index (χ1v) is 9.13. The number of benzene rings is 2. The van der Waals surface area contributed by atoms with E-state index in [1.165, 1.54) is 4.68 Å². The highest BCUT2D eigenvalue weighted by Gasteiger charge is 2.41. The zero-order chi connectivity index (χ0) is 21.5. The molecule has 0 fully saturated rings. The second kappa shape index (κ2) is 7.01. The third-order valence-corrected chi connectivity index (χ3v) is 4.97. The number of rotatable bonds is 3. The first-order chi connectivity index (χ1) is 14.2. The van der Waals surface area contributed by atoms with Crippen LogP contribution in [-0.4, -0.2) is 21.5 Å². The van der Waals surface area contributed by atoms with E-state index in [1.54, 1.807) is 55.5 Å². The van der Waals surface area contributed by atoms with Gasteiger partial charge in [0.25, 0.3) is 5.91 Å². The molecule has 1 aliphatic heterocycles. The summed E-state index contributed by atoms with van der Waals surface area (Å²) in [4.78, 5) is 16.9. The molecule has 3 aromatic rings. The third kappa shape index (κ3) is 3.54. The van der Waals surface area contributed by atoms with Crippen molar-refractivity contribution in [3.63, 3.8) is 0 Å². The molecule has 0 radical (unpaired) electrons. The van der Waals surface area contributed by atoms with Crippen molar-refractivity contribution in [1.29, 1.82) is 0 Å². The monoisotopic (exact) mass is 413 g/mol. The number of fused-ring (bicyclic) bond motifs is 1. The van der Waals surface area contributed by atoms with Crippen molar-refractivity contribution in [2.24, 2.45) is 10.7 Å². The number of hydrogen-bond donors (Lipinski definition) is 2. The van der Waals surface area contributed by atoms with E-state index >= 15 is 0 Å². The summed E-state index contributed by atoms with van der Waals surface area (Å²) in [5, 5.41) is 6.46. The number of amidine groups is 1. The van der Waals surface area contributed by atoms with Crippen LogP contribution in [0, 0.1) is 0 Å². The Morgan fingerprint density at radius 1 is 1.13 bits per heavy atom. The second-order valence-corrected chi connectivity index (χ2v) is 7.15. The Kier molecular flexibility index (Phi) is 4.60. The van der Waals surface area contributed by atoms with Crippen molar-refractivity contribution in [2.75, 3.05) is 5.32 Å². The molecule has 1 unspecified atom stereocenters. The maximum Gasteiger partial charge on any atom is 0.435 e. The Hall–Kier alpha value is -3.62. The zero-order valence-electron chi connectivity index (χ0n) is 15.9. The molecule has 2 aromatic carbocycles. The number of anilines is 1. The van der Waals surface area contributed by atoms with Gasteiger partial charge in [-0.1, -0.05) is 30.3 Å². The van der Waals surface area contributed by atoms with Gasteiger partial charge in [0, 0.05) is 11.3 Å². The fourth-order valence-corrected chi connectivity index (χ4v) is 3.51. The van der Waals surface area contributed by atoms with Crippen molar-refractivity contribution in [3.8, 4) is 0 Å². The van der Waals surface area contributed by atoms with Gasteiger partial charge >= 0.3 is 6.18 Å². The quantitative estimate of drug-likeness (QED) is 0.685. The van der Waals surface area contributed by atoms with Crippen LogP contribution >= 0.6 is 0 Å². The Balaban J connectivity index is 1.72. The number of carbonyl (C=O) groups excluding carboxylic acids is 1. The van der Waals surface area contributed by atoms with Gasteiger partial charge in [0.05, 0.1) is 12.2 Å². The molecule has 0 aliphatic carbocycles. The van der Waals surface area contributed by atoms with E-state index in [0.29, 0.717) is 16.8 Å². The fourth-order valence-electron chi connectivity index (χ4n) is 3.51. The Bertz CT molecular complexity index is 1140. The average Bonchev–Trinajstić information content (AvgIpc) is 3.14. The van der Waals surface area contributed by atoms with Gasteiger partial charge < -0.3 is 11.1 Å². The van der Waals surface area contributed by atoms with Crippen LogP contribution in [0.25, 0.3) is 0 Å². The highest BCUT2D eigenvalue weighted by Crippen LogP contribution is 2.39. The van der Waals surface area contributed by atoms with E-state index < -0.39 is 17.4 Å². The van der Waals surface area contributed by atoms with E-state index in [4.69, 9.17) is 5.73 Å². The van der Waals surface area contributed by atoms with E-state index in [-0.39, 0.29) is 24.0 Å². The maximum atomic E-state index is 13.2. The van der Waals surface area contributed by atoms with Gasteiger partial charge in [-0.25, -0.2) is 0 Å². The molecule has 4 rings (SSSR count). The van der Waals surface area contributed by atoms with Crippen LogP contribution in [0.15, 0.2) is 65.7 Å². The summed E-state index contributed by atoms with van der Waals surface area (Å²) in [6.07, 6.45) is -4.58. The fraction of sp³-hybridized carbons (Fsp3) is 0.190. The number of aromatic nitrogens is 2. The number of hydrogen-bond acceptors (Lipinski definition) is 4. The first-order valence-electron chi connectivity index (χ1n) is 9.13. The molecular weight excluding hydrogens is 395 g/mol. The average molecular weight is 413 g/mol. The minimum Gasteiger partial charge on any atom is -0.386 e. The molecule has 154 valence electrons. The molecule has 6 nitrogen and oxygen atoms in total. The number of aliphatic imine (C=N–C) groups is 1. The summed E-state index contributed by atoms with van der Waals surface area (Å²) >= 11 is 0. The normalized spacial score (nSPS) is 18.5. The summed E-state index contributed by atoms with van der Waals surface area (Å²) in [6.45, 7) is 1.65. The van der Waals surface area contributed by atoms with Gasteiger partial charge in [-0.2, -0.15) is 18.3 Å². The van der Waals surface area contributed by atoms with Gasteiger partial charge in [0.15, 0.2) is 5.69 Å². The second-order valence-electron chi connectivity index (χ2n) is 7.15. The molecule has 1 aromatic heterocycles. The van der Waals surface area contributed by atoms with Gasteiger partial charge in [-0.3, -0.25) is 14.5 Å². The van der Waals surface area contributed by atoms with E-state index in [9.17, 15) is 18.0 Å². The number of carbonyl (C=O) groups is 1. The van der Waals surface area contributed by atoms with Crippen LogP contribution in [0.5, 0.6) is 0 Å². The summed E-state index contributed by atoms with van der Waals surface area (Å²) < 4.78 is 40.8. The molecule has 1 amide bonds. The minimum absolute atomic E-state index is 0.0224. The van der Waals surface area contributed by atoms with Gasteiger partial charge in [0.1, 0.15) is 11.4 Å². The van der Waals surface area contributed by atoms with Crippen molar-refractivity contribution in [2.45, 2.75) is 25.2 Å². The molecular formula is C21H18F3N5O. The lowest BCUT2D eigenvalue weighted by atomic mass is 9.87. The Labute approximate surface area is 170 Å². The third-order valence-electron chi connectivity index (χ3n) is 4.97. The molecule has 0 saturated carbocycles. The Morgan fingerprint density at radius 3 is 2.57 bits per heavy atom. The van der Waals surface area contributed by atoms with Crippen molar-refractivity contribution < 1.29 is 18.0 Å². The standard InChI is InChI=1S/C21H18F3N5O/c1-20(17-11-16(21(22,23)24)28-29(17)12-18(25)27-20)14-8-5-9-15(10-14)26-19(30)13-6-3-2-4-7-13/h2-11H,12H2,1H3,(H2,25,27)(H,26,30). The number of nitrogens with one attached hydrogen (secondary N) is 1. The number of alkyl halides is 3. The van der Waals surface area contributed by atoms with Crippen molar-refractivity contribution in [1.82, 2.24) is 9.78 Å². The maximum absolute atomic E-state index is 13.2. The first kappa shape index (κ1) is 19.7. The molecule has 0 spiro atoms. The lowest BCUT2D eigenvalue weighted by Crippen LogP contribution is -2.36. The molecule has 9 heteroatoms. The largest absolute Gasteiger partial charge is 0.435 e. The summed E-state index contributed by atoms with van der Waals surface area (Å²) in [5.41, 5.74) is 5.55. The van der Waals surface area contributed by atoms with Crippen LogP contribution < -0.4 is 11.1 Å². The number of nitrogens with two attached hydrogens (primary N) is 1. The van der Waals surface area contributed by atoms with E-state index in [0.717, 1.165) is 6.07 Å². The lowest BCUT2D eigenvalue weighted by Gasteiger charge is -2.31. The molecule has 0 bridgehead atoms. The number of amides is 1. The van der Waals surface area contributed by atoms with Crippen molar-refractivity contribution >= 4 is 17.4 Å². The van der Waals surface area contributed by atoms with Crippen molar-refractivity contribution in [3.05, 3.63) is 83.2 Å². The van der Waals surface area contributed by atoms with Gasteiger partial charge in [-0.15, -0.1) is 0 Å². The highest BCUT2D eigenvalue weighted by atomic mass is 19.4. The van der Waals surface area contributed by atoms with Crippen LogP contribution in [0.4, 0.5) is 18.9 Å². The predicted octanol–water partition coefficient (Wildman–Crippen LogP) is 3.79. The molecule has 1 aliphatic rings. The molecule has 3 N–H and O–H groups in total. The van der Waals surface area contributed by atoms with E-state index in [2.05, 4.69) is 15.4 Å². The molecule has 30 heavy (non-hydrogen) atoms. The van der Waals surface area contributed by atoms with Crippen LogP contribution in [0.2, 0.25) is 0 Å². The predicted molar refractivity (Wildman–Crippen MR) is 106 cm³/mol. The highest BCUT2D eigenvalue weighted by molar-refractivity contribution is 6.04. The number of nitrogens with zero attached hydrogens (tertiary/aromatic N) is 3. The van der Waals surface area contributed by atoms with Crippen LogP contribution in [0.3, 0.4) is 0 Å². The van der Waals surface area contributed by atoms with E-state index in [1.807, 2.05) is 6.07 Å². The summed E-state index contributed by atoms with van der Waals surface area (Å²) in [6, 6.07) is 16.5. The lowest BCUT2D eigenvalue weighted by molar-refractivity contribution is -0.141. The molecule has 0 saturated heterocycles. The van der Waals surface area contributed by atoms with Gasteiger partial charge in [0.2, 0.25) is 0 Å². The smallest absolute Gasteiger partial charge is 0.386 e. The minimum atomic E-state index is -4.58. The SMILES string of the molecule is CC1(c2cccc(NC(=O)c3ccccc3)c2)N=C(N)Cn2nc(C(F)(F)F)cc21. The van der Waals surface area contributed by atoms with Crippen LogP contribution in [0.1, 0.15) is 34.2 Å². The summed E-state index contributed by atoms with van der Waals surface area (Å²) in [7, 11) is 0. The molecule has 1 atom stereocenters. The number of halogens is 3. The van der Waals surface area contributed by atoms with Gasteiger partial charge in [-0.05, 0) is 42.8 Å². The topological polar surface area (TPSA) is 85.3 Å². The summed E-state index contributed by atoms with van der Waals surface area (Å²) in [5.74, 6) is -0.130.